The summed E-state index contributed by atoms with van der Waals surface area (Å²) in [6, 6.07) is 0.756. The van der Waals surface area contributed by atoms with Crippen LogP contribution < -0.4 is 10.2 Å². The summed E-state index contributed by atoms with van der Waals surface area (Å²) >= 11 is 0. The van der Waals surface area contributed by atoms with Gasteiger partial charge in [0.2, 0.25) is 0 Å². The molecule has 1 aromatic heterocycles. The van der Waals surface area contributed by atoms with Gasteiger partial charge >= 0.3 is 0 Å². The topological polar surface area (TPSA) is 50.5 Å². The summed E-state index contributed by atoms with van der Waals surface area (Å²) < 4.78 is 10.8. The average molecular weight is 281 g/mol. The number of oxazole rings is 1. The van der Waals surface area contributed by atoms with E-state index >= 15 is 0 Å². The van der Waals surface area contributed by atoms with Gasteiger partial charge in [0.15, 0.2) is 0 Å². The van der Waals surface area contributed by atoms with Gasteiger partial charge in [-0.1, -0.05) is 0 Å². The molecule has 20 heavy (non-hydrogen) atoms. The Morgan fingerprint density at radius 3 is 2.70 bits per heavy atom. The van der Waals surface area contributed by atoms with E-state index in [1.165, 1.54) is 0 Å². The number of anilines is 1. The van der Waals surface area contributed by atoms with E-state index < -0.39 is 0 Å². The summed E-state index contributed by atoms with van der Waals surface area (Å²) in [4.78, 5) is 6.80. The van der Waals surface area contributed by atoms with Gasteiger partial charge in [-0.05, 0) is 39.5 Å². The maximum atomic E-state index is 5.61. The summed E-state index contributed by atoms with van der Waals surface area (Å²) in [7, 11) is 1.77. The van der Waals surface area contributed by atoms with E-state index in [2.05, 4.69) is 36.0 Å². The molecule has 2 heterocycles. The van der Waals surface area contributed by atoms with Crippen molar-refractivity contribution in [1.82, 2.24) is 10.3 Å². The molecular weight excluding hydrogens is 254 g/mol. The van der Waals surface area contributed by atoms with Gasteiger partial charge in [0, 0.05) is 38.9 Å². The first kappa shape index (κ1) is 15.3. The quantitative estimate of drug-likeness (QED) is 0.898. The number of hydrogen-bond donors (Lipinski definition) is 1. The first-order valence-corrected chi connectivity index (χ1v) is 7.41. The highest BCUT2D eigenvalue weighted by atomic mass is 16.5. The molecule has 0 radical (unpaired) electrons. The average Bonchev–Trinajstić information content (AvgIpc) is 2.86. The molecule has 2 rings (SSSR count). The lowest BCUT2D eigenvalue weighted by Gasteiger charge is -2.30. The SMILES string of the molecule is COCC1CCN(c2nc(CNC(C)(C)C)co2)CC1. The van der Waals surface area contributed by atoms with Gasteiger partial charge in [0.1, 0.15) is 6.26 Å². The highest BCUT2D eigenvalue weighted by molar-refractivity contribution is 5.27. The molecule has 0 unspecified atom stereocenters. The highest BCUT2D eigenvalue weighted by Gasteiger charge is 2.22. The molecule has 1 saturated heterocycles. The van der Waals surface area contributed by atoms with Crippen molar-refractivity contribution in [2.75, 3.05) is 31.7 Å². The second-order valence-electron chi connectivity index (χ2n) is 6.61. The maximum absolute atomic E-state index is 5.61. The van der Waals surface area contributed by atoms with Crippen LogP contribution in [-0.2, 0) is 11.3 Å². The molecule has 114 valence electrons. The first-order valence-electron chi connectivity index (χ1n) is 7.41. The minimum Gasteiger partial charge on any atom is -0.432 e. The number of hydrogen-bond acceptors (Lipinski definition) is 5. The second kappa shape index (κ2) is 6.59. The van der Waals surface area contributed by atoms with E-state index in [-0.39, 0.29) is 5.54 Å². The van der Waals surface area contributed by atoms with Crippen molar-refractivity contribution in [3.05, 3.63) is 12.0 Å². The lowest BCUT2D eigenvalue weighted by molar-refractivity contribution is 0.138. The van der Waals surface area contributed by atoms with Gasteiger partial charge in [-0.25, -0.2) is 0 Å². The van der Waals surface area contributed by atoms with E-state index in [1.807, 2.05) is 0 Å². The molecular formula is C15H27N3O2. The Morgan fingerprint density at radius 2 is 2.10 bits per heavy atom. The van der Waals surface area contributed by atoms with Crippen molar-refractivity contribution in [3.8, 4) is 0 Å². The number of methoxy groups -OCH3 is 1. The number of nitrogens with zero attached hydrogens (tertiary/aromatic N) is 2. The molecule has 1 aliphatic heterocycles. The number of nitrogens with one attached hydrogen (secondary N) is 1. The molecule has 1 N–H and O–H groups in total. The van der Waals surface area contributed by atoms with E-state index in [4.69, 9.17) is 9.15 Å². The van der Waals surface area contributed by atoms with Crippen LogP contribution in [0, 0.1) is 5.92 Å². The van der Waals surface area contributed by atoms with Crippen LogP contribution in [0.25, 0.3) is 0 Å². The molecule has 0 bridgehead atoms. The fourth-order valence-electron chi connectivity index (χ4n) is 2.41. The van der Waals surface area contributed by atoms with Crippen LogP contribution >= 0.6 is 0 Å². The molecule has 1 fully saturated rings. The van der Waals surface area contributed by atoms with Gasteiger partial charge in [-0.15, -0.1) is 0 Å². The third kappa shape index (κ3) is 4.49. The molecule has 0 aromatic carbocycles. The minimum absolute atomic E-state index is 0.0949. The Labute approximate surface area is 121 Å². The summed E-state index contributed by atoms with van der Waals surface area (Å²) in [6.45, 7) is 10.0. The van der Waals surface area contributed by atoms with Gasteiger partial charge in [0.25, 0.3) is 6.01 Å². The van der Waals surface area contributed by atoms with Gasteiger partial charge < -0.3 is 19.4 Å². The van der Waals surface area contributed by atoms with Crippen molar-refractivity contribution in [2.45, 2.75) is 45.7 Å². The smallest absolute Gasteiger partial charge is 0.297 e. The summed E-state index contributed by atoms with van der Waals surface area (Å²) in [5.74, 6) is 0.674. The number of rotatable bonds is 5. The lowest BCUT2D eigenvalue weighted by atomic mass is 9.98. The molecule has 1 aromatic rings. The van der Waals surface area contributed by atoms with Crippen molar-refractivity contribution in [2.24, 2.45) is 5.92 Å². The van der Waals surface area contributed by atoms with Gasteiger partial charge in [0.05, 0.1) is 5.69 Å². The fourth-order valence-corrected chi connectivity index (χ4v) is 2.41. The molecule has 5 nitrogen and oxygen atoms in total. The van der Waals surface area contributed by atoms with Crippen molar-refractivity contribution in [1.29, 1.82) is 0 Å². The molecule has 0 atom stereocenters. The molecule has 0 spiro atoms. The van der Waals surface area contributed by atoms with Crippen LogP contribution in [0.15, 0.2) is 10.7 Å². The summed E-state index contributed by atoms with van der Waals surface area (Å²) in [5, 5.41) is 3.42. The standard InChI is InChI=1S/C15H27N3O2/c1-15(2,3)16-9-13-11-20-14(17-13)18-7-5-12(6-8-18)10-19-4/h11-12,16H,5-10H2,1-4H3. The predicted octanol–water partition coefficient (Wildman–Crippen LogP) is 2.43. The van der Waals surface area contributed by atoms with Crippen LogP contribution in [0.1, 0.15) is 39.3 Å². The summed E-state index contributed by atoms with van der Waals surface area (Å²) in [5.41, 5.74) is 1.06. The van der Waals surface area contributed by atoms with Gasteiger partial charge in [-0.3, -0.25) is 0 Å². The van der Waals surface area contributed by atoms with Gasteiger partial charge in [-0.2, -0.15) is 4.98 Å². The highest BCUT2D eigenvalue weighted by Crippen LogP contribution is 2.23. The fraction of sp³-hybridized carbons (Fsp3) is 0.800. The van der Waals surface area contributed by atoms with Crippen molar-refractivity contribution < 1.29 is 9.15 Å². The van der Waals surface area contributed by atoms with Crippen molar-refractivity contribution >= 4 is 6.01 Å². The summed E-state index contributed by atoms with van der Waals surface area (Å²) in [6.07, 6.45) is 4.05. The minimum atomic E-state index is 0.0949. The van der Waals surface area contributed by atoms with Crippen LogP contribution in [0.5, 0.6) is 0 Å². The Hall–Kier alpha value is -1.07. The van der Waals surface area contributed by atoms with E-state index in [1.54, 1.807) is 13.4 Å². The number of ether oxygens (including phenoxy) is 1. The van der Waals surface area contributed by atoms with E-state index in [9.17, 15) is 0 Å². The molecule has 1 aliphatic rings. The van der Waals surface area contributed by atoms with E-state index in [0.29, 0.717) is 5.92 Å². The molecule has 5 heteroatoms. The van der Waals surface area contributed by atoms with Crippen LogP contribution in [0.3, 0.4) is 0 Å². The van der Waals surface area contributed by atoms with Crippen molar-refractivity contribution in [3.63, 3.8) is 0 Å². The Bertz CT molecular complexity index is 403. The molecule has 0 amide bonds. The Morgan fingerprint density at radius 1 is 1.40 bits per heavy atom. The zero-order valence-electron chi connectivity index (χ0n) is 13.1. The molecule has 0 saturated carbocycles. The lowest BCUT2D eigenvalue weighted by Crippen LogP contribution is -2.36. The Kier molecular flexibility index (Phi) is 5.05. The predicted molar refractivity (Wildman–Crippen MR) is 79.9 cm³/mol. The third-order valence-electron chi connectivity index (χ3n) is 3.63. The normalized spacial score (nSPS) is 17.7. The molecule has 0 aliphatic carbocycles. The maximum Gasteiger partial charge on any atom is 0.297 e. The Balaban J connectivity index is 1.84. The zero-order chi connectivity index (χ0) is 14.6. The van der Waals surface area contributed by atoms with Crippen LogP contribution in [0.4, 0.5) is 6.01 Å². The largest absolute Gasteiger partial charge is 0.432 e. The van der Waals surface area contributed by atoms with E-state index in [0.717, 1.165) is 50.8 Å². The third-order valence-corrected chi connectivity index (χ3v) is 3.63. The monoisotopic (exact) mass is 281 g/mol. The van der Waals surface area contributed by atoms with Crippen LogP contribution in [0.2, 0.25) is 0 Å². The number of piperidine rings is 1. The number of aromatic nitrogens is 1. The second-order valence-corrected chi connectivity index (χ2v) is 6.61. The first-order chi connectivity index (χ1) is 9.48. The zero-order valence-corrected chi connectivity index (χ0v) is 13.1. The van der Waals surface area contributed by atoms with Crippen LogP contribution in [-0.4, -0.2) is 37.3 Å².